The number of carbonyl (C=O) groups excluding carboxylic acids is 1. The first-order valence-electron chi connectivity index (χ1n) is 7.60. The molecule has 132 valence electrons. The second-order valence-corrected chi connectivity index (χ2v) is 8.05. The number of methoxy groups -OCH3 is 1. The zero-order valence-corrected chi connectivity index (χ0v) is 15.0. The Bertz CT molecular complexity index is 895. The summed E-state index contributed by atoms with van der Waals surface area (Å²) in [6, 6.07) is 12.7. The van der Waals surface area contributed by atoms with Crippen molar-refractivity contribution in [2.45, 2.75) is 11.0 Å². The van der Waals surface area contributed by atoms with Gasteiger partial charge in [0.05, 0.1) is 11.0 Å². The number of halogens is 1. The summed E-state index contributed by atoms with van der Waals surface area (Å²) in [4.78, 5) is 12.5. The Balaban J connectivity index is 1.78. The average molecular weight is 381 g/mol. The van der Waals surface area contributed by atoms with Crippen LogP contribution in [0, 0.1) is 0 Å². The van der Waals surface area contributed by atoms with E-state index in [1.54, 1.807) is 43.5 Å². The number of ether oxygens (including phenoxy) is 1. The number of rotatable bonds is 5. The van der Waals surface area contributed by atoms with Gasteiger partial charge in [-0.15, -0.1) is 0 Å². The molecule has 0 unspecified atom stereocenters. The highest BCUT2D eigenvalue weighted by molar-refractivity contribution is 7.89. The predicted octanol–water partition coefficient (Wildman–Crippen LogP) is 2.61. The first kappa shape index (κ1) is 17.9. The predicted molar refractivity (Wildman–Crippen MR) is 95.4 cm³/mol. The highest BCUT2D eigenvalue weighted by Gasteiger charge is 2.36. The van der Waals surface area contributed by atoms with Crippen molar-refractivity contribution in [1.29, 1.82) is 0 Å². The summed E-state index contributed by atoms with van der Waals surface area (Å²) in [7, 11) is -2.08. The smallest absolute Gasteiger partial charge is 0.255 e. The Kier molecular flexibility index (Phi) is 5.10. The van der Waals surface area contributed by atoms with E-state index < -0.39 is 15.9 Å². The van der Waals surface area contributed by atoms with E-state index in [-0.39, 0.29) is 16.6 Å². The number of carbonyl (C=O) groups is 1. The summed E-state index contributed by atoms with van der Waals surface area (Å²) in [5.41, 5.74) is 0.793. The third kappa shape index (κ3) is 3.85. The van der Waals surface area contributed by atoms with Crippen molar-refractivity contribution < 1.29 is 17.9 Å². The van der Waals surface area contributed by atoms with Gasteiger partial charge in [-0.3, -0.25) is 4.79 Å². The molecular weight excluding hydrogens is 364 g/mol. The van der Waals surface area contributed by atoms with Crippen LogP contribution in [0.15, 0.2) is 53.4 Å². The number of nitrogens with one attached hydrogen (secondary N) is 1. The molecule has 0 aliphatic carbocycles. The highest BCUT2D eigenvalue weighted by atomic mass is 35.5. The molecule has 1 aliphatic heterocycles. The summed E-state index contributed by atoms with van der Waals surface area (Å²) >= 11 is 5.89. The van der Waals surface area contributed by atoms with Crippen molar-refractivity contribution in [3.05, 3.63) is 59.1 Å². The molecule has 1 heterocycles. The Morgan fingerprint density at radius 1 is 1.20 bits per heavy atom. The molecule has 6 nitrogen and oxygen atoms in total. The molecule has 1 N–H and O–H groups in total. The lowest BCUT2D eigenvalue weighted by atomic mass is 10.2. The Morgan fingerprint density at radius 3 is 2.60 bits per heavy atom. The number of anilines is 1. The third-order valence-electron chi connectivity index (χ3n) is 3.96. The van der Waals surface area contributed by atoms with Crippen molar-refractivity contribution in [1.82, 2.24) is 4.31 Å². The van der Waals surface area contributed by atoms with Gasteiger partial charge in [0.2, 0.25) is 10.0 Å². The van der Waals surface area contributed by atoms with Crippen LogP contribution >= 0.6 is 11.6 Å². The van der Waals surface area contributed by atoms with Crippen LogP contribution in [0.25, 0.3) is 0 Å². The summed E-state index contributed by atoms with van der Waals surface area (Å²) in [6.07, 6.45) is -0.0796. The fourth-order valence-corrected chi connectivity index (χ4v) is 4.20. The molecule has 0 aromatic heterocycles. The minimum atomic E-state index is -3.63. The number of sulfonamides is 1. The van der Waals surface area contributed by atoms with Crippen LogP contribution in [0.4, 0.5) is 5.69 Å². The minimum Gasteiger partial charge on any atom is -0.379 e. The normalized spacial score (nSPS) is 15.6. The van der Waals surface area contributed by atoms with E-state index in [4.69, 9.17) is 16.3 Å². The SMILES string of the molecule is COC1CN(S(=O)(=O)c2cccc(C(=O)Nc3cccc(Cl)c3)c2)C1. The standard InChI is InChI=1S/C17H17ClN2O4S/c1-24-15-10-20(11-15)25(22,23)16-7-2-4-12(8-16)17(21)19-14-6-3-5-13(18)9-14/h2-9,15H,10-11H2,1H3,(H,19,21). The fourth-order valence-electron chi connectivity index (χ4n) is 2.46. The highest BCUT2D eigenvalue weighted by Crippen LogP contribution is 2.24. The Morgan fingerprint density at radius 2 is 1.92 bits per heavy atom. The maximum absolute atomic E-state index is 12.6. The first-order chi connectivity index (χ1) is 11.9. The maximum Gasteiger partial charge on any atom is 0.255 e. The zero-order chi connectivity index (χ0) is 18.0. The number of hydrogen-bond acceptors (Lipinski definition) is 4. The van der Waals surface area contributed by atoms with Gasteiger partial charge in [0.1, 0.15) is 0 Å². The van der Waals surface area contributed by atoms with Crippen molar-refractivity contribution >= 4 is 33.2 Å². The molecule has 0 atom stereocenters. The van der Waals surface area contributed by atoms with Crippen molar-refractivity contribution in [2.75, 3.05) is 25.5 Å². The molecule has 0 saturated carbocycles. The maximum atomic E-state index is 12.6. The second-order valence-electron chi connectivity index (χ2n) is 5.67. The topological polar surface area (TPSA) is 75.7 Å². The molecule has 3 rings (SSSR count). The molecule has 2 aromatic rings. The summed E-state index contributed by atoms with van der Waals surface area (Å²) < 4.78 is 31.6. The summed E-state index contributed by atoms with van der Waals surface area (Å²) in [5.74, 6) is -0.405. The lowest BCUT2D eigenvalue weighted by Crippen LogP contribution is -2.54. The van der Waals surface area contributed by atoms with Gasteiger partial charge in [0.25, 0.3) is 5.91 Å². The van der Waals surface area contributed by atoms with Gasteiger partial charge < -0.3 is 10.1 Å². The van der Waals surface area contributed by atoms with Gasteiger partial charge in [-0.1, -0.05) is 23.7 Å². The van der Waals surface area contributed by atoms with Crippen molar-refractivity contribution in [2.24, 2.45) is 0 Å². The van der Waals surface area contributed by atoms with E-state index in [1.807, 2.05) is 0 Å². The molecule has 8 heteroatoms. The molecular formula is C17H17ClN2O4S. The number of benzene rings is 2. The van der Waals surface area contributed by atoms with Gasteiger partial charge in [0.15, 0.2) is 0 Å². The molecule has 1 fully saturated rings. The van der Waals surface area contributed by atoms with Gasteiger partial charge in [-0.05, 0) is 36.4 Å². The summed E-state index contributed by atoms with van der Waals surface area (Å²) in [6.45, 7) is 0.634. The van der Waals surface area contributed by atoms with Crippen LogP contribution in [0.2, 0.25) is 5.02 Å². The van der Waals surface area contributed by atoms with E-state index in [9.17, 15) is 13.2 Å². The monoisotopic (exact) mass is 380 g/mol. The van der Waals surface area contributed by atoms with E-state index in [0.717, 1.165) is 0 Å². The lowest BCUT2D eigenvalue weighted by molar-refractivity contribution is 0.0125. The first-order valence-corrected chi connectivity index (χ1v) is 9.42. The fraction of sp³-hybridized carbons (Fsp3) is 0.235. The minimum absolute atomic E-state index is 0.0796. The number of hydrogen-bond donors (Lipinski definition) is 1. The van der Waals surface area contributed by atoms with Gasteiger partial charge in [0, 0.05) is 36.5 Å². The largest absolute Gasteiger partial charge is 0.379 e. The van der Waals surface area contributed by atoms with Crippen LogP contribution in [-0.4, -0.2) is 44.9 Å². The second kappa shape index (κ2) is 7.13. The molecule has 2 aromatic carbocycles. The number of amides is 1. The molecule has 1 aliphatic rings. The number of nitrogens with zero attached hydrogens (tertiary/aromatic N) is 1. The van der Waals surface area contributed by atoms with E-state index in [1.165, 1.54) is 16.4 Å². The Labute approximate surface area is 151 Å². The van der Waals surface area contributed by atoms with E-state index in [0.29, 0.717) is 23.8 Å². The quantitative estimate of drug-likeness (QED) is 0.865. The van der Waals surface area contributed by atoms with E-state index in [2.05, 4.69) is 5.32 Å². The molecule has 0 bridgehead atoms. The van der Waals surface area contributed by atoms with Gasteiger partial charge in [-0.25, -0.2) is 8.42 Å². The molecule has 1 saturated heterocycles. The van der Waals surface area contributed by atoms with E-state index >= 15 is 0 Å². The van der Waals surface area contributed by atoms with Crippen LogP contribution < -0.4 is 5.32 Å². The van der Waals surface area contributed by atoms with Crippen LogP contribution in [0.3, 0.4) is 0 Å². The average Bonchev–Trinajstić information content (AvgIpc) is 2.54. The van der Waals surface area contributed by atoms with Crippen molar-refractivity contribution in [3.63, 3.8) is 0 Å². The lowest BCUT2D eigenvalue weighted by Gasteiger charge is -2.36. The molecule has 25 heavy (non-hydrogen) atoms. The van der Waals surface area contributed by atoms with Crippen LogP contribution in [-0.2, 0) is 14.8 Å². The third-order valence-corrected chi connectivity index (χ3v) is 6.03. The Hall–Kier alpha value is -1.93. The summed E-state index contributed by atoms with van der Waals surface area (Å²) in [5, 5.41) is 3.20. The van der Waals surface area contributed by atoms with Gasteiger partial charge >= 0.3 is 0 Å². The van der Waals surface area contributed by atoms with Crippen LogP contribution in [0.5, 0.6) is 0 Å². The van der Waals surface area contributed by atoms with Crippen molar-refractivity contribution in [3.8, 4) is 0 Å². The molecule has 0 spiro atoms. The van der Waals surface area contributed by atoms with Crippen LogP contribution in [0.1, 0.15) is 10.4 Å². The van der Waals surface area contributed by atoms with Gasteiger partial charge in [-0.2, -0.15) is 4.31 Å². The molecule has 0 radical (unpaired) electrons. The zero-order valence-electron chi connectivity index (χ0n) is 13.5. The molecule has 1 amide bonds.